The standard InChI is InChI=1S/C12H11NO3S2/c1-8-12(13-11(7-14)17-8)9-3-5-10(6-4-9)18(2,15)16/h3-7H,1-2H3. The molecule has 18 heavy (non-hydrogen) atoms. The Balaban J connectivity index is 2.46. The predicted molar refractivity (Wildman–Crippen MR) is 70.8 cm³/mol. The molecule has 0 saturated carbocycles. The molecule has 0 atom stereocenters. The van der Waals surface area contributed by atoms with Crippen molar-refractivity contribution in [2.75, 3.05) is 6.26 Å². The molecule has 0 amide bonds. The molecular weight excluding hydrogens is 270 g/mol. The summed E-state index contributed by atoms with van der Waals surface area (Å²) in [6.07, 6.45) is 1.88. The second-order valence-corrected chi connectivity index (χ2v) is 7.12. The summed E-state index contributed by atoms with van der Waals surface area (Å²) in [5.74, 6) is 0. The van der Waals surface area contributed by atoms with Crippen molar-refractivity contribution in [1.82, 2.24) is 4.98 Å². The van der Waals surface area contributed by atoms with Gasteiger partial charge in [-0.15, -0.1) is 11.3 Å². The number of aromatic nitrogens is 1. The minimum atomic E-state index is -3.19. The number of nitrogens with zero attached hydrogens (tertiary/aromatic N) is 1. The highest BCUT2D eigenvalue weighted by molar-refractivity contribution is 7.90. The lowest BCUT2D eigenvalue weighted by atomic mass is 10.1. The van der Waals surface area contributed by atoms with Crippen LogP contribution in [0, 0.1) is 6.92 Å². The predicted octanol–water partition coefficient (Wildman–Crippen LogP) is 2.33. The van der Waals surface area contributed by atoms with E-state index in [2.05, 4.69) is 4.98 Å². The van der Waals surface area contributed by atoms with Gasteiger partial charge in [-0.05, 0) is 19.1 Å². The summed E-state index contributed by atoms with van der Waals surface area (Å²) in [4.78, 5) is 16.1. The molecule has 0 aliphatic carbocycles. The lowest BCUT2D eigenvalue weighted by Crippen LogP contribution is -1.96. The van der Waals surface area contributed by atoms with Crippen LogP contribution in [0.5, 0.6) is 0 Å². The third-order valence-electron chi connectivity index (χ3n) is 2.47. The van der Waals surface area contributed by atoms with Crippen LogP contribution in [-0.2, 0) is 9.84 Å². The highest BCUT2D eigenvalue weighted by Crippen LogP contribution is 2.27. The molecule has 1 aromatic heterocycles. The molecule has 0 N–H and O–H groups in total. The molecule has 2 aromatic rings. The zero-order chi connectivity index (χ0) is 13.3. The monoisotopic (exact) mass is 281 g/mol. The Morgan fingerprint density at radius 1 is 1.22 bits per heavy atom. The number of sulfone groups is 1. The van der Waals surface area contributed by atoms with E-state index >= 15 is 0 Å². The third-order valence-corrected chi connectivity index (χ3v) is 4.49. The molecule has 94 valence electrons. The fraction of sp³-hybridized carbons (Fsp3) is 0.167. The molecule has 1 heterocycles. The molecule has 0 saturated heterocycles. The summed E-state index contributed by atoms with van der Waals surface area (Å²) in [7, 11) is -3.19. The van der Waals surface area contributed by atoms with Crippen molar-refractivity contribution in [2.24, 2.45) is 0 Å². The third kappa shape index (κ3) is 2.49. The van der Waals surface area contributed by atoms with Crippen LogP contribution in [0.4, 0.5) is 0 Å². The topological polar surface area (TPSA) is 64.1 Å². The average Bonchev–Trinajstić information content (AvgIpc) is 2.70. The smallest absolute Gasteiger partial charge is 0.178 e. The quantitative estimate of drug-likeness (QED) is 0.810. The number of benzene rings is 1. The molecule has 0 fully saturated rings. The number of carbonyl (C=O) groups excluding carboxylic acids is 1. The molecule has 0 spiro atoms. The van der Waals surface area contributed by atoms with Crippen molar-refractivity contribution in [3.05, 3.63) is 34.2 Å². The van der Waals surface area contributed by atoms with E-state index in [9.17, 15) is 13.2 Å². The number of hydrogen-bond acceptors (Lipinski definition) is 5. The van der Waals surface area contributed by atoms with Crippen LogP contribution in [0.3, 0.4) is 0 Å². The maximum Gasteiger partial charge on any atom is 0.178 e. The number of hydrogen-bond donors (Lipinski definition) is 0. The molecule has 0 aliphatic rings. The van der Waals surface area contributed by atoms with Crippen LogP contribution < -0.4 is 0 Å². The first-order valence-electron chi connectivity index (χ1n) is 5.15. The van der Waals surface area contributed by atoms with E-state index in [4.69, 9.17) is 0 Å². The first-order valence-corrected chi connectivity index (χ1v) is 7.85. The molecule has 6 heteroatoms. The maximum absolute atomic E-state index is 11.3. The van der Waals surface area contributed by atoms with Gasteiger partial charge in [0.25, 0.3) is 0 Å². The Hall–Kier alpha value is -1.53. The summed E-state index contributed by atoms with van der Waals surface area (Å²) in [5, 5.41) is 0.426. The maximum atomic E-state index is 11.3. The molecule has 0 unspecified atom stereocenters. The second kappa shape index (κ2) is 4.62. The summed E-state index contributed by atoms with van der Waals surface area (Å²) >= 11 is 1.32. The van der Waals surface area contributed by atoms with E-state index in [0.717, 1.165) is 16.1 Å². The van der Waals surface area contributed by atoms with Gasteiger partial charge >= 0.3 is 0 Å². The van der Waals surface area contributed by atoms with Gasteiger partial charge in [0.1, 0.15) is 0 Å². The van der Waals surface area contributed by atoms with Crippen molar-refractivity contribution in [2.45, 2.75) is 11.8 Å². The van der Waals surface area contributed by atoms with Crippen LogP contribution in [0.25, 0.3) is 11.3 Å². The molecular formula is C12H11NO3S2. The van der Waals surface area contributed by atoms with Gasteiger partial charge in [-0.3, -0.25) is 4.79 Å². The Labute approximate surface area is 109 Å². The molecule has 0 bridgehead atoms. The summed E-state index contributed by atoms with van der Waals surface area (Å²) in [5.41, 5.74) is 1.53. The van der Waals surface area contributed by atoms with Crippen molar-refractivity contribution in [3.63, 3.8) is 0 Å². The van der Waals surface area contributed by atoms with E-state index in [1.807, 2.05) is 6.92 Å². The van der Waals surface area contributed by atoms with Crippen LogP contribution in [0.1, 0.15) is 14.7 Å². The van der Waals surface area contributed by atoms with Crippen molar-refractivity contribution in [3.8, 4) is 11.3 Å². The first kappa shape index (κ1) is 12.9. The zero-order valence-corrected chi connectivity index (χ0v) is 11.5. The fourth-order valence-electron chi connectivity index (χ4n) is 1.60. The van der Waals surface area contributed by atoms with Gasteiger partial charge in [0, 0.05) is 16.7 Å². The van der Waals surface area contributed by atoms with Gasteiger partial charge in [0.05, 0.1) is 10.6 Å². The Bertz CT molecular complexity index is 685. The fourth-order valence-corrected chi connectivity index (χ4v) is 2.98. The van der Waals surface area contributed by atoms with E-state index in [-0.39, 0.29) is 4.90 Å². The van der Waals surface area contributed by atoms with Gasteiger partial charge in [-0.1, -0.05) is 12.1 Å². The van der Waals surface area contributed by atoms with Crippen molar-refractivity contribution >= 4 is 27.5 Å². The van der Waals surface area contributed by atoms with E-state index < -0.39 is 9.84 Å². The Kier molecular flexibility index (Phi) is 3.32. The summed E-state index contributed by atoms with van der Waals surface area (Å²) in [6, 6.07) is 6.49. The SMILES string of the molecule is Cc1sc(C=O)nc1-c1ccc(S(C)(=O)=O)cc1. The second-order valence-electron chi connectivity index (χ2n) is 3.87. The molecule has 0 aliphatic heterocycles. The van der Waals surface area contributed by atoms with Gasteiger partial charge in [-0.2, -0.15) is 0 Å². The van der Waals surface area contributed by atoms with Crippen molar-refractivity contribution < 1.29 is 13.2 Å². The van der Waals surface area contributed by atoms with E-state index in [1.54, 1.807) is 24.3 Å². The molecule has 2 rings (SSSR count). The summed E-state index contributed by atoms with van der Waals surface area (Å²) in [6.45, 7) is 1.88. The van der Waals surface area contributed by atoms with E-state index in [0.29, 0.717) is 11.3 Å². The highest BCUT2D eigenvalue weighted by atomic mass is 32.2. The van der Waals surface area contributed by atoms with Crippen LogP contribution in [-0.4, -0.2) is 25.9 Å². The minimum absolute atomic E-state index is 0.273. The number of rotatable bonds is 3. The van der Waals surface area contributed by atoms with Crippen LogP contribution in [0.15, 0.2) is 29.2 Å². The van der Waals surface area contributed by atoms with Gasteiger partial charge in [-0.25, -0.2) is 13.4 Å². The highest BCUT2D eigenvalue weighted by Gasteiger charge is 2.11. The Morgan fingerprint density at radius 3 is 2.28 bits per heavy atom. The Morgan fingerprint density at radius 2 is 1.83 bits per heavy atom. The number of thiazole rings is 1. The molecule has 1 aromatic carbocycles. The van der Waals surface area contributed by atoms with E-state index in [1.165, 1.54) is 17.6 Å². The van der Waals surface area contributed by atoms with Gasteiger partial charge < -0.3 is 0 Å². The average molecular weight is 281 g/mol. The normalized spacial score (nSPS) is 11.4. The minimum Gasteiger partial charge on any atom is -0.295 e. The van der Waals surface area contributed by atoms with Crippen molar-refractivity contribution in [1.29, 1.82) is 0 Å². The van der Waals surface area contributed by atoms with Crippen LogP contribution >= 0.6 is 11.3 Å². The number of carbonyl (C=O) groups is 1. The zero-order valence-electron chi connectivity index (χ0n) is 9.88. The number of aryl methyl sites for hydroxylation is 1. The number of aldehydes is 1. The van der Waals surface area contributed by atoms with Gasteiger partial charge in [0.15, 0.2) is 21.1 Å². The summed E-state index contributed by atoms with van der Waals surface area (Å²) < 4.78 is 22.7. The first-order chi connectivity index (χ1) is 8.41. The lowest BCUT2D eigenvalue weighted by molar-refractivity contribution is 0.112. The van der Waals surface area contributed by atoms with Gasteiger partial charge in [0.2, 0.25) is 0 Å². The molecule has 4 nitrogen and oxygen atoms in total. The molecule has 0 radical (unpaired) electrons. The van der Waals surface area contributed by atoms with Crippen LogP contribution in [0.2, 0.25) is 0 Å². The largest absolute Gasteiger partial charge is 0.295 e. The lowest BCUT2D eigenvalue weighted by Gasteiger charge is -2.01.